The molecule has 0 spiro atoms. The molecule has 0 aliphatic carbocycles. The van der Waals surface area contributed by atoms with Gasteiger partial charge in [-0.15, -0.1) is 0 Å². The molecule has 5 nitrogen and oxygen atoms in total. The lowest BCUT2D eigenvalue weighted by molar-refractivity contribution is -0.703. The summed E-state index contributed by atoms with van der Waals surface area (Å²) in [5.74, 6) is 0.494. The molecule has 0 saturated carbocycles. The fourth-order valence-electron chi connectivity index (χ4n) is 3.36. The van der Waals surface area contributed by atoms with Crippen molar-refractivity contribution in [3.8, 4) is 16.9 Å². The van der Waals surface area contributed by atoms with Crippen molar-refractivity contribution in [2.75, 3.05) is 6.61 Å². The highest BCUT2D eigenvalue weighted by Gasteiger charge is 2.18. The second-order valence-electron chi connectivity index (χ2n) is 7.54. The van der Waals surface area contributed by atoms with Crippen LogP contribution < -0.4 is 21.7 Å². The molecule has 0 bridgehead atoms. The number of aliphatic hydroxyl groups excluding tert-OH is 1. The number of pyridine rings is 1. The first kappa shape index (κ1) is 25.9. The normalized spacial score (nSPS) is 11.9. The maximum Gasteiger partial charge on any atom is 0.206 e. The quantitative estimate of drug-likeness (QED) is 0.333. The van der Waals surface area contributed by atoms with Crippen molar-refractivity contribution in [2.24, 2.45) is 0 Å². The van der Waals surface area contributed by atoms with E-state index >= 15 is 0 Å². The Balaban J connectivity index is 0.00000324. The molecule has 3 aromatic carbocycles. The third kappa shape index (κ3) is 6.45. The largest absolute Gasteiger partial charge is 1.00 e. The maximum absolute atomic E-state index is 12.7. The smallest absolute Gasteiger partial charge is 0.206 e. The van der Waals surface area contributed by atoms with Crippen LogP contribution in [-0.4, -0.2) is 26.2 Å². The second-order valence-corrected chi connectivity index (χ2v) is 10.4. The molecular formula is C26H23BrClNO4S. The highest BCUT2D eigenvalue weighted by molar-refractivity contribution is 9.10. The summed E-state index contributed by atoms with van der Waals surface area (Å²) < 4.78 is 33.9. The summed E-state index contributed by atoms with van der Waals surface area (Å²) in [5, 5.41) is 10.4. The molecule has 0 saturated heterocycles. The maximum atomic E-state index is 12.7. The van der Waals surface area contributed by atoms with Gasteiger partial charge in [0.2, 0.25) is 9.84 Å². The first-order valence-electron chi connectivity index (χ1n) is 10.4. The Hall–Kier alpha value is -2.71. The van der Waals surface area contributed by atoms with Crippen molar-refractivity contribution >= 4 is 25.8 Å². The number of benzene rings is 3. The molecule has 0 aliphatic heterocycles. The van der Waals surface area contributed by atoms with Crippen molar-refractivity contribution < 1.29 is 35.2 Å². The standard InChI is InChI=1S/C26H23BrNO4S.ClH/c27-22-6-10-25(11-7-22)33(30,31)26-12-8-24(9-13-26)32-19-23(29)18-28-16-14-21(15-17-28)20-4-2-1-3-5-20;/h1-17,23,29H,18-19H2;1H/q+1;/p-1. The van der Waals surface area contributed by atoms with Gasteiger partial charge in [-0.1, -0.05) is 46.3 Å². The van der Waals surface area contributed by atoms with Gasteiger partial charge in [0.1, 0.15) is 18.5 Å². The Labute approximate surface area is 214 Å². The Morgan fingerprint density at radius 3 is 1.91 bits per heavy atom. The number of sulfone groups is 1. The minimum Gasteiger partial charge on any atom is -1.00 e. The second kappa shape index (κ2) is 11.6. The minimum atomic E-state index is -3.60. The van der Waals surface area contributed by atoms with Crippen LogP contribution in [0.15, 0.2) is 118 Å². The van der Waals surface area contributed by atoms with Crippen LogP contribution in [0.5, 0.6) is 5.75 Å². The van der Waals surface area contributed by atoms with Crippen LogP contribution in [0.2, 0.25) is 0 Å². The van der Waals surface area contributed by atoms with E-state index in [9.17, 15) is 13.5 Å². The summed E-state index contributed by atoms with van der Waals surface area (Å²) in [6, 6.07) is 26.8. The summed E-state index contributed by atoms with van der Waals surface area (Å²) in [4.78, 5) is 0.414. The molecule has 1 atom stereocenters. The first-order chi connectivity index (χ1) is 15.9. The van der Waals surface area contributed by atoms with Crippen LogP contribution in [0.25, 0.3) is 11.1 Å². The number of halogens is 2. The SMILES string of the molecule is O=S(=O)(c1ccc(Br)cc1)c1ccc(OCC(O)C[n+]2ccc(-c3ccccc3)cc2)cc1.[Cl-]. The Bertz CT molecular complexity index is 1300. The molecule has 1 heterocycles. The van der Waals surface area contributed by atoms with Crippen molar-refractivity contribution in [3.63, 3.8) is 0 Å². The molecule has 176 valence electrons. The van der Waals surface area contributed by atoms with Crippen LogP contribution in [0.4, 0.5) is 0 Å². The zero-order chi connectivity index (χ0) is 23.3. The highest BCUT2D eigenvalue weighted by Crippen LogP contribution is 2.24. The zero-order valence-corrected chi connectivity index (χ0v) is 21.2. The highest BCUT2D eigenvalue weighted by atomic mass is 79.9. The third-order valence-corrected chi connectivity index (χ3v) is 7.43. The summed E-state index contributed by atoms with van der Waals surface area (Å²) in [6.07, 6.45) is 3.13. The van der Waals surface area contributed by atoms with E-state index in [-0.39, 0.29) is 28.8 Å². The molecule has 1 unspecified atom stereocenters. The number of hydrogen-bond acceptors (Lipinski definition) is 4. The van der Waals surface area contributed by atoms with Crippen molar-refractivity contribution in [2.45, 2.75) is 22.4 Å². The summed E-state index contributed by atoms with van der Waals surface area (Å²) >= 11 is 3.31. The molecular weight excluding hydrogens is 538 g/mol. The van der Waals surface area contributed by atoms with E-state index in [2.05, 4.69) is 28.1 Å². The van der Waals surface area contributed by atoms with Gasteiger partial charge in [-0.2, -0.15) is 0 Å². The monoisotopic (exact) mass is 559 g/mol. The van der Waals surface area contributed by atoms with Gasteiger partial charge in [-0.05, 0) is 59.7 Å². The van der Waals surface area contributed by atoms with Crippen LogP contribution >= 0.6 is 15.9 Å². The molecule has 0 amide bonds. The van der Waals surface area contributed by atoms with Gasteiger partial charge in [0.25, 0.3) is 0 Å². The van der Waals surface area contributed by atoms with E-state index in [1.807, 2.05) is 47.3 Å². The van der Waals surface area contributed by atoms with Crippen molar-refractivity contribution in [1.82, 2.24) is 0 Å². The Morgan fingerprint density at radius 1 is 0.794 bits per heavy atom. The molecule has 8 heteroatoms. The summed E-state index contributed by atoms with van der Waals surface area (Å²) in [6.45, 7) is 0.470. The van der Waals surface area contributed by atoms with Crippen LogP contribution in [0, 0.1) is 0 Å². The Kier molecular flexibility index (Phi) is 8.85. The zero-order valence-electron chi connectivity index (χ0n) is 18.1. The number of aromatic nitrogens is 1. The van der Waals surface area contributed by atoms with Gasteiger partial charge in [0, 0.05) is 16.6 Å². The summed E-state index contributed by atoms with van der Waals surface area (Å²) in [7, 11) is -3.60. The van der Waals surface area contributed by atoms with Gasteiger partial charge >= 0.3 is 0 Å². The molecule has 0 radical (unpaired) electrons. The van der Waals surface area contributed by atoms with E-state index < -0.39 is 15.9 Å². The number of ether oxygens (including phenoxy) is 1. The fourth-order valence-corrected chi connectivity index (χ4v) is 4.88. The lowest BCUT2D eigenvalue weighted by Crippen LogP contribution is -3.00. The van der Waals surface area contributed by atoms with Gasteiger partial charge in [-0.25, -0.2) is 13.0 Å². The summed E-state index contributed by atoms with van der Waals surface area (Å²) in [5.41, 5.74) is 2.25. The lowest BCUT2D eigenvalue weighted by atomic mass is 10.1. The van der Waals surface area contributed by atoms with Crippen molar-refractivity contribution in [3.05, 3.63) is 108 Å². The van der Waals surface area contributed by atoms with Gasteiger partial charge in [0.05, 0.1) is 9.79 Å². The molecule has 4 aromatic rings. The topological polar surface area (TPSA) is 67.5 Å². The fraction of sp³-hybridized carbons (Fsp3) is 0.115. The van der Waals surface area contributed by atoms with Gasteiger partial charge < -0.3 is 22.3 Å². The van der Waals surface area contributed by atoms with Gasteiger partial charge in [-0.3, -0.25) is 0 Å². The number of aliphatic hydroxyl groups is 1. The van der Waals surface area contributed by atoms with E-state index in [0.717, 1.165) is 15.6 Å². The minimum absolute atomic E-state index is 0. The van der Waals surface area contributed by atoms with Crippen LogP contribution in [0.1, 0.15) is 0 Å². The number of hydrogen-bond donors (Lipinski definition) is 1. The third-order valence-electron chi connectivity index (χ3n) is 5.12. The molecule has 1 aromatic heterocycles. The van der Waals surface area contributed by atoms with E-state index in [1.54, 1.807) is 36.4 Å². The molecule has 4 rings (SSSR count). The van der Waals surface area contributed by atoms with Crippen molar-refractivity contribution in [1.29, 1.82) is 0 Å². The van der Waals surface area contributed by atoms with Crippen LogP contribution in [-0.2, 0) is 16.4 Å². The van der Waals surface area contributed by atoms with Crippen LogP contribution in [0.3, 0.4) is 0 Å². The predicted octanol–water partition coefficient (Wildman–Crippen LogP) is 1.68. The average Bonchev–Trinajstić information content (AvgIpc) is 2.84. The molecule has 1 N–H and O–H groups in total. The lowest BCUT2D eigenvalue weighted by Gasteiger charge is -2.11. The molecule has 0 fully saturated rings. The molecule has 0 aliphatic rings. The number of rotatable bonds is 8. The van der Waals surface area contributed by atoms with E-state index in [1.165, 1.54) is 12.1 Å². The Morgan fingerprint density at radius 2 is 1.32 bits per heavy atom. The average molecular weight is 561 g/mol. The predicted molar refractivity (Wildman–Crippen MR) is 130 cm³/mol. The van der Waals surface area contributed by atoms with Gasteiger partial charge in [0.15, 0.2) is 18.9 Å². The van der Waals surface area contributed by atoms with E-state index in [0.29, 0.717) is 12.3 Å². The number of nitrogens with zero attached hydrogens (tertiary/aromatic N) is 1. The molecule has 34 heavy (non-hydrogen) atoms. The first-order valence-corrected chi connectivity index (χ1v) is 12.7. The van der Waals surface area contributed by atoms with E-state index in [4.69, 9.17) is 4.74 Å².